The van der Waals surface area contributed by atoms with Gasteiger partial charge in [0.05, 0.1) is 11.4 Å². The molecule has 2 saturated heterocycles. The molecule has 210 valence electrons. The summed E-state index contributed by atoms with van der Waals surface area (Å²) < 4.78 is 1.59. The van der Waals surface area contributed by atoms with Crippen LogP contribution in [0.4, 0.5) is 5.95 Å². The first-order valence-corrected chi connectivity index (χ1v) is 14.1. The van der Waals surface area contributed by atoms with Crippen LogP contribution >= 0.6 is 0 Å². The second-order valence-electron chi connectivity index (χ2n) is 11.6. The summed E-state index contributed by atoms with van der Waals surface area (Å²) in [7, 11) is 0. The fourth-order valence-corrected chi connectivity index (χ4v) is 5.92. The Morgan fingerprint density at radius 3 is 2.35 bits per heavy atom. The number of nitrogens with one attached hydrogen (secondary N) is 1. The Kier molecular flexibility index (Phi) is 7.59. The monoisotopic (exact) mass is 541 g/mol. The van der Waals surface area contributed by atoms with Crippen LogP contribution in [-0.2, 0) is 4.79 Å². The maximum absolute atomic E-state index is 12.3. The number of likely N-dealkylation sites (tertiary alicyclic amines) is 2. The lowest BCUT2D eigenvalue weighted by molar-refractivity contribution is -0.159. The van der Waals surface area contributed by atoms with Crippen LogP contribution in [0.25, 0.3) is 11.0 Å². The van der Waals surface area contributed by atoms with Gasteiger partial charge in [-0.15, -0.1) is 0 Å². The normalized spacial score (nSPS) is 17.8. The van der Waals surface area contributed by atoms with Crippen LogP contribution in [0.1, 0.15) is 69.8 Å². The number of anilines is 1. The van der Waals surface area contributed by atoms with Crippen molar-refractivity contribution in [3.8, 4) is 0 Å². The van der Waals surface area contributed by atoms with Crippen molar-refractivity contribution >= 4 is 22.9 Å². The summed E-state index contributed by atoms with van der Waals surface area (Å²) in [6, 6.07) is 8.91. The van der Waals surface area contributed by atoms with Gasteiger partial charge in [0, 0.05) is 56.1 Å². The highest BCUT2D eigenvalue weighted by atomic mass is 16.2. The van der Waals surface area contributed by atoms with Crippen LogP contribution in [0.3, 0.4) is 0 Å². The third-order valence-electron chi connectivity index (χ3n) is 8.27. The average molecular weight is 542 g/mol. The molecule has 0 saturated carbocycles. The second-order valence-corrected chi connectivity index (χ2v) is 11.6. The number of nitrogens with zero attached hydrogens (tertiary/aromatic N) is 6. The molecule has 5 rings (SSSR count). The molecule has 1 spiro atoms. The number of fused-ring (bicyclic) bond motifs is 1. The zero-order valence-electron chi connectivity index (χ0n) is 23.9. The third kappa shape index (κ3) is 5.30. The SMILES string of the molecule is C=CC(=O)N1CC2(C1)CN(C(CC(=C)CC)c1ccc(C(C)Nc3ncc4cnc(=O)n(C(C)C)c4n3)cc1)C2. The summed E-state index contributed by atoms with van der Waals surface area (Å²) in [4.78, 5) is 41.7. The van der Waals surface area contributed by atoms with Gasteiger partial charge in [-0.3, -0.25) is 14.3 Å². The number of rotatable bonds is 10. The fourth-order valence-electron chi connectivity index (χ4n) is 5.92. The number of carbonyl (C=O) groups excluding carboxylic acids is 1. The van der Waals surface area contributed by atoms with E-state index in [4.69, 9.17) is 0 Å². The standard InChI is InChI=1S/C31H39N7O2/c1-7-21(5)13-26(36-16-31(17-36)18-37(19-31)27(39)8-2)24-11-9-23(10-12-24)22(6)34-29-32-14-25-15-33-30(40)38(20(3)4)28(25)35-29/h8-12,14-15,20,22,26H,2,5,7,13,16-19H2,1,3-4,6H3,(H,32,34,35). The zero-order valence-corrected chi connectivity index (χ0v) is 23.9. The van der Waals surface area contributed by atoms with Gasteiger partial charge in [0.15, 0.2) is 5.65 Å². The number of benzene rings is 1. The number of hydrogen-bond donors (Lipinski definition) is 1. The molecule has 40 heavy (non-hydrogen) atoms. The molecule has 3 aromatic rings. The molecule has 4 heterocycles. The predicted molar refractivity (Wildman–Crippen MR) is 158 cm³/mol. The molecule has 0 radical (unpaired) electrons. The van der Waals surface area contributed by atoms with Gasteiger partial charge in [0.2, 0.25) is 11.9 Å². The van der Waals surface area contributed by atoms with Gasteiger partial charge in [-0.2, -0.15) is 4.98 Å². The van der Waals surface area contributed by atoms with E-state index in [1.807, 2.05) is 18.7 Å². The van der Waals surface area contributed by atoms with Crippen molar-refractivity contribution in [1.82, 2.24) is 29.3 Å². The molecule has 0 aliphatic carbocycles. The van der Waals surface area contributed by atoms with Crippen LogP contribution in [0.2, 0.25) is 0 Å². The minimum Gasteiger partial charge on any atom is -0.348 e. The molecular weight excluding hydrogens is 502 g/mol. The van der Waals surface area contributed by atoms with E-state index in [1.54, 1.807) is 10.8 Å². The van der Waals surface area contributed by atoms with Crippen molar-refractivity contribution < 1.29 is 4.79 Å². The van der Waals surface area contributed by atoms with Crippen molar-refractivity contribution in [3.05, 3.63) is 83.1 Å². The molecule has 1 aromatic carbocycles. The Morgan fingerprint density at radius 2 is 1.73 bits per heavy atom. The maximum atomic E-state index is 12.3. The Morgan fingerprint density at radius 1 is 1.07 bits per heavy atom. The average Bonchev–Trinajstić information content (AvgIpc) is 2.90. The highest BCUT2D eigenvalue weighted by Gasteiger charge is 2.54. The fraction of sp³-hybridized carbons (Fsp3) is 0.452. The molecule has 2 atom stereocenters. The van der Waals surface area contributed by atoms with Crippen molar-refractivity contribution in [2.45, 2.75) is 58.7 Å². The number of carbonyl (C=O) groups is 1. The zero-order chi connectivity index (χ0) is 28.6. The first kappa shape index (κ1) is 27.7. The van der Waals surface area contributed by atoms with Gasteiger partial charge in [-0.25, -0.2) is 14.8 Å². The third-order valence-corrected chi connectivity index (χ3v) is 8.27. The molecule has 9 nitrogen and oxygen atoms in total. The summed E-state index contributed by atoms with van der Waals surface area (Å²) in [6.07, 6.45) is 6.51. The van der Waals surface area contributed by atoms with E-state index in [0.29, 0.717) is 11.6 Å². The van der Waals surface area contributed by atoms with Crippen LogP contribution < -0.4 is 11.0 Å². The summed E-state index contributed by atoms with van der Waals surface area (Å²) in [5.74, 6) is 0.496. The molecule has 9 heteroatoms. The molecular formula is C31H39N7O2. The van der Waals surface area contributed by atoms with Gasteiger partial charge in [-0.1, -0.05) is 49.9 Å². The first-order chi connectivity index (χ1) is 19.1. The summed E-state index contributed by atoms with van der Waals surface area (Å²) in [5.41, 5.74) is 4.11. The lowest BCUT2D eigenvalue weighted by atomic mass is 9.71. The number of amides is 1. The van der Waals surface area contributed by atoms with Crippen LogP contribution in [0.5, 0.6) is 0 Å². The summed E-state index contributed by atoms with van der Waals surface area (Å²) >= 11 is 0. The molecule has 2 aliphatic rings. The first-order valence-electron chi connectivity index (χ1n) is 14.1. The Hall–Kier alpha value is -3.85. The topological polar surface area (TPSA) is 96.3 Å². The van der Waals surface area contributed by atoms with Gasteiger partial charge in [0.1, 0.15) is 0 Å². The second kappa shape index (κ2) is 11.0. The summed E-state index contributed by atoms with van der Waals surface area (Å²) in [5, 5.41) is 4.12. The Labute approximate surface area is 235 Å². The van der Waals surface area contributed by atoms with Gasteiger partial charge in [0.25, 0.3) is 0 Å². The molecule has 2 fully saturated rings. The lowest BCUT2D eigenvalue weighted by Gasteiger charge is -2.62. The molecule has 2 aromatic heterocycles. The minimum absolute atomic E-state index is 0.0265. The van der Waals surface area contributed by atoms with E-state index in [1.165, 1.54) is 23.4 Å². The largest absolute Gasteiger partial charge is 0.349 e. The predicted octanol–water partition coefficient (Wildman–Crippen LogP) is 4.67. The van der Waals surface area contributed by atoms with E-state index in [2.05, 4.69) is 76.4 Å². The highest BCUT2D eigenvalue weighted by Crippen LogP contribution is 2.45. The van der Waals surface area contributed by atoms with Crippen molar-refractivity contribution in [1.29, 1.82) is 0 Å². The van der Waals surface area contributed by atoms with Gasteiger partial charge >= 0.3 is 5.69 Å². The van der Waals surface area contributed by atoms with Crippen molar-refractivity contribution in [3.63, 3.8) is 0 Å². The molecule has 1 amide bonds. The Balaban J connectivity index is 1.29. The van der Waals surface area contributed by atoms with E-state index < -0.39 is 0 Å². The van der Waals surface area contributed by atoms with E-state index >= 15 is 0 Å². The van der Waals surface area contributed by atoms with Crippen LogP contribution in [-0.4, -0.2) is 61.4 Å². The van der Waals surface area contributed by atoms with Crippen molar-refractivity contribution in [2.24, 2.45) is 5.41 Å². The quantitative estimate of drug-likeness (QED) is 0.294. The molecule has 0 bridgehead atoms. The molecule has 2 aliphatic heterocycles. The number of hydrogen-bond acceptors (Lipinski definition) is 7. The maximum Gasteiger partial charge on any atom is 0.349 e. The van der Waals surface area contributed by atoms with Crippen molar-refractivity contribution in [2.75, 3.05) is 31.5 Å². The minimum atomic E-state index is -0.316. The molecule has 1 N–H and O–H groups in total. The Bertz CT molecular complexity index is 1480. The smallest absolute Gasteiger partial charge is 0.348 e. The van der Waals surface area contributed by atoms with Crippen LogP contribution in [0, 0.1) is 5.41 Å². The van der Waals surface area contributed by atoms with Gasteiger partial charge in [-0.05, 0) is 50.8 Å². The van der Waals surface area contributed by atoms with Gasteiger partial charge < -0.3 is 10.2 Å². The molecule has 2 unspecified atom stereocenters. The summed E-state index contributed by atoms with van der Waals surface area (Å²) in [6.45, 7) is 19.6. The lowest BCUT2D eigenvalue weighted by Crippen LogP contribution is -2.72. The van der Waals surface area contributed by atoms with Crippen LogP contribution in [0.15, 0.2) is 66.3 Å². The van der Waals surface area contributed by atoms with E-state index in [0.717, 1.165) is 50.0 Å². The highest BCUT2D eigenvalue weighted by molar-refractivity contribution is 5.87. The van der Waals surface area contributed by atoms with E-state index in [-0.39, 0.29) is 35.1 Å². The van der Waals surface area contributed by atoms with E-state index in [9.17, 15) is 9.59 Å². The number of aromatic nitrogens is 4.